The van der Waals surface area contributed by atoms with Crippen molar-refractivity contribution in [2.45, 2.75) is 20.8 Å². The van der Waals surface area contributed by atoms with E-state index in [9.17, 15) is 20.2 Å². The van der Waals surface area contributed by atoms with Crippen LogP contribution in [0.1, 0.15) is 22.5 Å². The number of nitrogens with zero attached hydrogens (tertiary/aromatic N) is 4. The number of nitro benzene ring substituents is 2. The highest BCUT2D eigenvalue weighted by molar-refractivity contribution is 5.82. The van der Waals surface area contributed by atoms with Crippen LogP contribution in [0.4, 0.5) is 17.1 Å². The number of non-ortho nitro benzene ring substituents is 1. The molecule has 3 aromatic rings. The molecule has 0 bridgehead atoms. The minimum absolute atomic E-state index is 0.00951. The zero-order chi connectivity index (χ0) is 21.1. The van der Waals surface area contributed by atoms with E-state index >= 15 is 0 Å². The van der Waals surface area contributed by atoms with Gasteiger partial charge in [0.05, 0.1) is 27.4 Å². The van der Waals surface area contributed by atoms with Gasteiger partial charge in [-0.3, -0.25) is 25.7 Å². The van der Waals surface area contributed by atoms with Crippen LogP contribution in [0.2, 0.25) is 0 Å². The number of aryl methyl sites for hydroxylation is 2. The van der Waals surface area contributed by atoms with E-state index in [0.717, 1.165) is 17.0 Å². The molecule has 9 heteroatoms. The molecule has 0 aliphatic heterocycles. The molecular formula is C20H19N5O4. The summed E-state index contributed by atoms with van der Waals surface area (Å²) in [6.07, 6.45) is 1.64. The molecule has 0 spiro atoms. The maximum atomic E-state index is 11.2. The van der Waals surface area contributed by atoms with E-state index in [-0.39, 0.29) is 16.3 Å². The van der Waals surface area contributed by atoms with Gasteiger partial charge in [-0.1, -0.05) is 6.07 Å². The monoisotopic (exact) mass is 393 g/mol. The van der Waals surface area contributed by atoms with Crippen LogP contribution < -0.4 is 5.43 Å². The van der Waals surface area contributed by atoms with Crippen molar-refractivity contribution in [3.63, 3.8) is 0 Å². The molecule has 148 valence electrons. The smallest absolute Gasteiger partial charge is 0.274 e. The zero-order valence-corrected chi connectivity index (χ0v) is 16.1. The third-order valence-electron chi connectivity index (χ3n) is 4.59. The fourth-order valence-corrected chi connectivity index (χ4v) is 3.08. The molecule has 0 aliphatic carbocycles. The summed E-state index contributed by atoms with van der Waals surface area (Å²) in [5.41, 5.74) is 7.50. The van der Waals surface area contributed by atoms with Gasteiger partial charge in [-0.15, -0.1) is 0 Å². The van der Waals surface area contributed by atoms with E-state index in [2.05, 4.69) is 10.5 Å². The van der Waals surface area contributed by atoms with Crippen LogP contribution in [-0.2, 0) is 0 Å². The highest BCUT2D eigenvalue weighted by Crippen LogP contribution is 2.25. The van der Waals surface area contributed by atoms with Crippen LogP contribution >= 0.6 is 0 Å². The number of anilines is 1. The first-order valence-electron chi connectivity index (χ1n) is 8.76. The molecule has 3 rings (SSSR count). The Morgan fingerprint density at radius 1 is 0.966 bits per heavy atom. The van der Waals surface area contributed by atoms with E-state index in [1.54, 1.807) is 37.4 Å². The summed E-state index contributed by atoms with van der Waals surface area (Å²) in [6, 6.07) is 13.0. The number of hydrogen-bond acceptors (Lipinski definition) is 6. The quantitative estimate of drug-likeness (QED) is 0.371. The maximum Gasteiger partial charge on any atom is 0.274 e. The van der Waals surface area contributed by atoms with Crippen molar-refractivity contribution in [1.82, 2.24) is 4.57 Å². The van der Waals surface area contributed by atoms with Gasteiger partial charge in [0.15, 0.2) is 0 Å². The van der Waals surface area contributed by atoms with Crippen LogP contribution in [0.3, 0.4) is 0 Å². The lowest BCUT2D eigenvalue weighted by molar-refractivity contribution is -0.385. The topological polar surface area (TPSA) is 116 Å². The highest BCUT2D eigenvalue weighted by atomic mass is 16.6. The van der Waals surface area contributed by atoms with Gasteiger partial charge in [0, 0.05) is 40.7 Å². The minimum atomic E-state index is -0.461. The third kappa shape index (κ3) is 4.13. The van der Waals surface area contributed by atoms with Gasteiger partial charge in [0.2, 0.25) is 0 Å². The van der Waals surface area contributed by atoms with Gasteiger partial charge in [0.1, 0.15) is 0 Å². The number of nitrogens with one attached hydrogen (secondary N) is 1. The van der Waals surface area contributed by atoms with Gasteiger partial charge in [-0.05, 0) is 45.0 Å². The lowest BCUT2D eigenvalue weighted by Gasteiger charge is -2.10. The SMILES string of the molecule is Cc1ccc(-n2c(C)cc(/C=N/Nc3ccc([N+](=O)[O-])cc3)c2C)cc1[N+](=O)[O-]. The first kappa shape index (κ1) is 19.7. The molecule has 0 fully saturated rings. The molecule has 0 amide bonds. The number of benzene rings is 2. The third-order valence-corrected chi connectivity index (χ3v) is 4.59. The average molecular weight is 393 g/mol. The summed E-state index contributed by atoms with van der Waals surface area (Å²) in [5, 5.41) is 26.1. The molecule has 1 N–H and O–H groups in total. The van der Waals surface area contributed by atoms with Crippen molar-refractivity contribution in [1.29, 1.82) is 0 Å². The van der Waals surface area contributed by atoms with E-state index in [1.165, 1.54) is 12.1 Å². The molecule has 1 aromatic heterocycles. The molecule has 29 heavy (non-hydrogen) atoms. The summed E-state index contributed by atoms with van der Waals surface area (Å²) < 4.78 is 1.93. The Morgan fingerprint density at radius 2 is 1.66 bits per heavy atom. The van der Waals surface area contributed by atoms with Crippen LogP contribution in [0.25, 0.3) is 5.69 Å². The van der Waals surface area contributed by atoms with Crippen molar-refractivity contribution >= 4 is 23.3 Å². The fraction of sp³-hybridized carbons (Fsp3) is 0.150. The molecule has 0 unspecified atom stereocenters. The van der Waals surface area contributed by atoms with Crippen LogP contribution in [-0.4, -0.2) is 20.6 Å². The second kappa shape index (κ2) is 7.93. The lowest BCUT2D eigenvalue weighted by atomic mass is 10.2. The second-order valence-electron chi connectivity index (χ2n) is 6.56. The Morgan fingerprint density at radius 3 is 2.28 bits per heavy atom. The van der Waals surface area contributed by atoms with Crippen molar-refractivity contribution < 1.29 is 9.85 Å². The molecule has 0 saturated carbocycles. The van der Waals surface area contributed by atoms with Gasteiger partial charge >= 0.3 is 0 Å². The molecule has 0 atom stereocenters. The first-order chi connectivity index (χ1) is 13.8. The standard InChI is InChI=1S/C20H19N5O4/c1-13-4-7-19(11-20(13)25(28)29)23-14(2)10-16(15(23)3)12-21-22-17-5-8-18(9-6-17)24(26)27/h4-12,22H,1-3H3/b21-12+. The Kier molecular flexibility index (Phi) is 5.40. The number of rotatable bonds is 6. The van der Waals surface area contributed by atoms with Crippen molar-refractivity contribution in [3.05, 3.63) is 91.3 Å². The van der Waals surface area contributed by atoms with Crippen LogP contribution in [0, 0.1) is 41.0 Å². The summed E-state index contributed by atoms with van der Waals surface area (Å²) in [6.45, 7) is 5.53. The molecule has 0 radical (unpaired) electrons. The Balaban J connectivity index is 1.84. The maximum absolute atomic E-state index is 11.2. The summed E-state index contributed by atoms with van der Waals surface area (Å²) in [7, 11) is 0. The number of aromatic nitrogens is 1. The normalized spacial score (nSPS) is 11.0. The van der Waals surface area contributed by atoms with Crippen LogP contribution in [0.5, 0.6) is 0 Å². The Labute approximate surface area is 166 Å². The largest absolute Gasteiger partial charge is 0.318 e. The number of hydrazone groups is 1. The van der Waals surface area contributed by atoms with Crippen molar-refractivity contribution in [2.24, 2.45) is 5.10 Å². The first-order valence-corrected chi connectivity index (χ1v) is 8.76. The summed E-state index contributed by atoms with van der Waals surface area (Å²) in [5.74, 6) is 0. The second-order valence-corrected chi connectivity index (χ2v) is 6.56. The van der Waals surface area contributed by atoms with Gasteiger partial charge < -0.3 is 4.57 Å². The minimum Gasteiger partial charge on any atom is -0.318 e. The van der Waals surface area contributed by atoms with E-state index in [4.69, 9.17) is 0 Å². The predicted octanol–water partition coefficient (Wildman–Crippen LogP) is 4.66. The van der Waals surface area contributed by atoms with Crippen LogP contribution in [0.15, 0.2) is 53.6 Å². The molecule has 0 aliphatic rings. The van der Waals surface area contributed by atoms with E-state index in [1.807, 2.05) is 30.5 Å². The lowest BCUT2D eigenvalue weighted by Crippen LogP contribution is -2.02. The zero-order valence-electron chi connectivity index (χ0n) is 16.1. The Bertz CT molecular complexity index is 1120. The van der Waals surface area contributed by atoms with Gasteiger partial charge in [-0.2, -0.15) is 5.10 Å². The molecule has 0 saturated heterocycles. The van der Waals surface area contributed by atoms with Crippen molar-refractivity contribution in [3.8, 4) is 5.69 Å². The number of hydrogen-bond donors (Lipinski definition) is 1. The molecule has 1 heterocycles. The molecule has 2 aromatic carbocycles. The van der Waals surface area contributed by atoms with Gasteiger partial charge in [-0.25, -0.2) is 0 Å². The average Bonchev–Trinajstić information content (AvgIpc) is 2.96. The predicted molar refractivity (Wildman–Crippen MR) is 111 cm³/mol. The van der Waals surface area contributed by atoms with Crippen molar-refractivity contribution in [2.75, 3.05) is 5.43 Å². The fourth-order valence-electron chi connectivity index (χ4n) is 3.08. The summed E-state index contributed by atoms with van der Waals surface area (Å²) in [4.78, 5) is 21.1. The molecule has 9 nitrogen and oxygen atoms in total. The number of nitro groups is 2. The van der Waals surface area contributed by atoms with Gasteiger partial charge in [0.25, 0.3) is 11.4 Å². The van der Waals surface area contributed by atoms with E-state index < -0.39 is 4.92 Å². The highest BCUT2D eigenvalue weighted by Gasteiger charge is 2.15. The van der Waals surface area contributed by atoms with E-state index in [0.29, 0.717) is 16.9 Å². The Hall–Kier alpha value is -4.01. The molecular weight excluding hydrogens is 374 g/mol. The summed E-state index contributed by atoms with van der Waals surface area (Å²) >= 11 is 0.